The molecule has 1 N–H and O–H groups in total. The second-order valence-electron chi connectivity index (χ2n) is 5.98. The Morgan fingerprint density at radius 3 is 2.70 bits per heavy atom. The van der Waals surface area contributed by atoms with E-state index in [0.29, 0.717) is 22.4 Å². The predicted molar refractivity (Wildman–Crippen MR) is 110 cm³/mol. The van der Waals surface area contributed by atoms with E-state index < -0.39 is 5.25 Å². The highest BCUT2D eigenvalue weighted by Crippen LogP contribution is 2.30. The van der Waals surface area contributed by atoms with Crippen LogP contribution in [0.2, 0.25) is 5.02 Å². The Morgan fingerprint density at radius 2 is 2.00 bits per heavy atom. The number of halogens is 1. The van der Waals surface area contributed by atoms with Crippen LogP contribution in [0.1, 0.15) is 24.5 Å². The number of amides is 2. The van der Waals surface area contributed by atoms with Gasteiger partial charge >= 0.3 is 0 Å². The fraction of sp³-hybridized carbons (Fsp3) is 0.250. The van der Waals surface area contributed by atoms with Crippen molar-refractivity contribution >= 4 is 45.9 Å². The Labute approximate surface area is 167 Å². The lowest BCUT2D eigenvalue weighted by atomic mass is 10.2. The van der Waals surface area contributed by atoms with Crippen LogP contribution in [0.5, 0.6) is 5.75 Å². The molecule has 5 nitrogen and oxygen atoms in total. The van der Waals surface area contributed by atoms with Gasteiger partial charge in [0.05, 0.1) is 6.61 Å². The summed E-state index contributed by atoms with van der Waals surface area (Å²) in [6, 6.07) is 12.7. The molecule has 2 amide bonds. The van der Waals surface area contributed by atoms with Gasteiger partial charge in [-0.3, -0.25) is 9.59 Å². The molecule has 0 bridgehead atoms. The predicted octanol–water partition coefficient (Wildman–Crippen LogP) is 4.46. The Balaban J connectivity index is 1.62. The minimum absolute atomic E-state index is 0.0550. The lowest BCUT2D eigenvalue weighted by Crippen LogP contribution is -2.21. The highest BCUT2D eigenvalue weighted by molar-refractivity contribution is 8.16. The molecular formula is C20H19ClN2O3S. The molecule has 0 saturated carbocycles. The molecular weight excluding hydrogens is 384 g/mol. The van der Waals surface area contributed by atoms with Gasteiger partial charge in [0.1, 0.15) is 16.0 Å². The van der Waals surface area contributed by atoms with Crippen LogP contribution in [0.25, 0.3) is 0 Å². The number of rotatable bonds is 6. The molecule has 2 aromatic carbocycles. The van der Waals surface area contributed by atoms with Crippen molar-refractivity contribution in [2.24, 2.45) is 4.99 Å². The SMILES string of the molecule is CCOc1ccc(C2=NC(=O)[C@H](CC(=O)Nc3cccc(Cl)c3C)S2)cc1. The Morgan fingerprint density at radius 1 is 1.26 bits per heavy atom. The van der Waals surface area contributed by atoms with E-state index in [1.807, 2.05) is 38.1 Å². The second-order valence-corrected chi connectivity index (χ2v) is 7.58. The van der Waals surface area contributed by atoms with Crippen molar-refractivity contribution in [1.82, 2.24) is 0 Å². The minimum atomic E-state index is -0.522. The molecule has 0 aliphatic carbocycles. The second kappa shape index (κ2) is 8.59. The summed E-state index contributed by atoms with van der Waals surface area (Å²) < 4.78 is 5.42. The summed E-state index contributed by atoms with van der Waals surface area (Å²) in [5.41, 5.74) is 2.28. The molecule has 1 atom stereocenters. The maximum atomic E-state index is 12.4. The third kappa shape index (κ3) is 4.70. The number of thioether (sulfide) groups is 1. The molecule has 1 aliphatic heterocycles. The zero-order valence-corrected chi connectivity index (χ0v) is 16.6. The van der Waals surface area contributed by atoms with Crippen LogP contribution in [0.4, 0.5) is 5.69 Å². The molecule has 140 valence electrons. The van der Waals surface area contributed by atoms with Gasteiger partial charge in [-0.25, -0.2) is 4.99 Å². The van der Waals surface area contributed by atoms with Crippen molar-refractivity contribution < 1.29 is 14.3 Å². The zero-order valence-electron chi connectivity index (χ0n) is 15.0. The first kappa shape index (κ1) is 19.5. The Hall–Kier alpha value is -2.31. The molecule has 0 spiro atoms. The van der Waals surface area contributed by atoms with Gasteiger partial charge in [0.25, 0.3) is 5.91 Å². The first-order valence-corrected chi connectivity index (χ1v) is 9.81. The minimum Gasteiger partial charge on any atom is -0.494 e. The van der Waals surface area contributed by atoms with Crippen LogP contribution >= 0.6 is 23.4 Å². The largest absolute Gasteiger partial charge is 0.494 e. The van der Waals surface area contributed by atoms with Crippen LogP contribution in [-0.2, 0) is 9.59 Å². The van der Waals surface area contributed by atoms with Crippen molar-refractivity contribution in [2.45, 2.75) is 25.5 Å². The summed E-state index contributed by atoms with van der Waals surface area (Å²) in [5, 5.41) is 3.50. The van der Waals surface area contributed by atoms with E-state index in [1.165, 1.54) is 11.8 Å². The van der Waals surface area contributed by atoms with E-state index >= 15 is 0 Å². The molecule has 0 aromatic heterocycles. The molecule has 0 saturated heterocycles. The van der Waals surface area contributed by atoms with Gasteiger partial charge in [-0.05, 0) is 55.8 Å². The Bertz CT molecular complexity index is 897. The van der Waals surface area contributed by atoms with E-state index in [1.54, 1.807) is 18.2 Å². The fourth-order valence-corrected chi connectivity index (χ4v) is 3.87. The third-order valence-corrected chi connectivity index (χ3v) is 5.68. The smallest absolute Gasteiger partial charge is 0.260 e. The van der Waals surface area contributed by atoms with Crippen LogP contribution < -0.4 is 10.1 Å². The quantitative estimate of drug-likeness (QED) is 0.774. The van der Waals surface area contributed by atoms with Crippen LogP contribution in [0.3, 0.4) is 0 Å². The summed E-state index contributed by atoms with van der Waals surface area (Å²) >= 11 is 7.38. The molecule has 7 heteroatoms. The zero-order chi connectivity index (χ0) is 19.4. The van der Waals surface area contributed by atoms with E-state index in [0.717, 1.165) is 16.9 Å². The van der Waals surface area contributed by atoms with Gasteiger partial charge in [-0.15, -0.1) is 0 Å². The number of nitrogens with one attached hydrogen (secondary N) is 1. The normalized spacial score (nSPS) is 16.2. The number of ether oxygens (including phenoxy) is 1. The number of hydrogen-bond acceptors (Lipinski definition) is 4. The van der Waals surface area contributed by atoms with E-state index in [9.17, 15) is 9.59 Å². The molecule has 1 heterocycles. The van der Waals surface area contributed by atoms with Crippen molar-refractivity contribution in [3.05, 3.63) is 58.6 Å². The molecule has 0 unspecified atom stereocenters. The van der Waals surface area contributed by atoms with Crippen molar-refractivity contribution in [1.29, 1.82) is 0 Å². The summed E-state index contributed by atoms with van der Waals surface area (Å²) in [5.74, 6) is 0.236. The average molecular weight is 403 g/mol. The number of hydrogen-bond donors (Lipinski definition) is 1. The Kier molecular flexibility index (Phi) is 6.19. The molecule has 1 aliphatic rings. The van der Waals surface area contributed by atoms with Gasteiger partial charge in [0.2, 0.25) is 5.91 Å². The molecule has 0 fully saturated rings. The van der Waals surface area contributed by atoms with Gasteiger partial charge in [-0.1, -0.05) is 29.4 Å². The molecule has 27 heavy (non-hydrogen) atoms. The molecule has 3 rings (SSSR count). The molecule has 0 radical (unpaired) electrons. The summed E-state index contributed by atoms with van der Waals surface area (Å²) in [4.78, 5) is 28.7. The monoisotopic (exact) mass is 402 g/mol. The summed E-state index contributed by atoms with van der Waals surface area (Å²) in [7, 11) is 0. The van der Waals surface area contributed by atoms with Crippen molar-refractivity contribution in [2.75, 3.05) is 11.9 Å². The third-order valence-electron chi connectivity index (χ3n) is 4.07. The highest BCUT2D eigenvalue weighted by atomic mass is 35.5. The van der Waals surface area contributed by atoms with E-state index in [4.69, 9.17) is 16.3 Å². The van der Waals surface area contributed by atoms with Crippen molar-refractivity contribution in [3.8, 4) is 5.75 Å². The maximum Gasteiger partial charge on any atom is 0.260 e. The maximum absolute atomic E-state index is 12.4. The van der Waals surface area contributed by atoms with E-state index in [-0.39, 0.29) is 18.2 Å². The first-order chi connectivity index (χ1) is 13.0. The standard InChI is InChI=1S/C20H19ClN2O3S/c1-3-26-14-9-7-13(8-10-14)20-23-19(25)17(27-20)11-18(24)22-16-6-4-5-15(21)12(16)2/h4-10,17H,3,11H2,1-2H3,(H,22,24)/t17-/m0/s1. The molecule has 2 aromatic rings. The van der Waals surface area contributed by atoms with Crippen molar-refractivity contribution in [3.63, 3.8) is 0 Å². The number of carbonyl (C=O) groups is 2. The summed E-state index contributed by atoms with van der Waals surface area (Å²) in [6.07, 6.45) is 0.0550. The number of aliphatic imine (C=N–C) groups is 1. The van der Waals surface area contributed by atoms with Gasteiger partial charge in [0.15, 0.2) is 0 Å². The number of benzene rings is 2. The topological polar surface area (TPSA) is 67.8 Å². The number of carbonyl (C=O) groups excluding carboxylic acids is 2. The van der Waals surface area contributed by atoms with Gasteiger partial charge in [0, 0.05) is 22.7 Å². The van der Waals surface area contributed by atoms with E-state index in [2.05, 4.69) is 10.3 Å². The number of nitrogens with zero attached hydrogens (tertiary/aromatic N) is 1. The first-order valence-electron chi connectivity index (χ1n) is 8.55. The van der Waals surface area contributed by atoms with Gasteiger partial charge in [-0.2, -0.15) is 0 Å². The fourth-order valence-electron chi connectivity index (χ4n) is 2.62. The lowest BCUT2D eigenvalue weighted by molar-refractivity contribution is -0.121. The average Bonchev–Trinajstić information content (AvgIpc) is 3.00. The van der Waals surface area contributed by atoms with Gasteiger partial charge < -0.3 is 10.1 Å². The van der Waals surface area contributed by atoms with Crippen LogP contribution in [-0.4, -0.2) is 28.7 Å². The lowest BCUT2D eigenvalue weighted by Gasteiger charge is -2.11. The number of anilines is 1. The summed E-state index contributed by atoms with van der Waals surface area (Å²) in [6.45, 7) is 4.35. The van der Waals surface area contributed by atoms with Crippen LogP contribution in [0, 0.1) is 6.92 Å². The van der Waals surface area contributed by atoms with Crippen LogP contribution in [0.15, 0.2) is 47.5 Å². The highest BCUT2D eigenvalue weighted by Gasteiger charge is 2.31.